The standard InChI is InChI=1S/C22H27F3N4O3.C22H28F2N4O3.C21H26ClFN4O3.C21H25F3N4O3/c1-22(2,3)18(21(31)26-8-7-23)28-20(30)17-16-12-32-10-4-9-29(16)19(27-17)13-5-6-14(24)15(25)11-13;1-22(2,3)18(21(30)27(4)5)26-20(29)17-16-12-31-10-6-9-28(16)19(25-17)13-7-8-14(23)15(24)11-13;1-21(2,3)17(20(29)24-4)26-19(28)16-15-11-30-9-5-8-27(15)18(25-16)13-7-6-12(22)10-14(13)23;1-21(2,3)17(20(30)25-4)27-19(29)16-15-10-31-7-5-6-28(15)18(26-16)11-8-13(23)14(24)9-12(11)22/h5-6,11,18H,4,7-10,12H2,1-3H3,(H,26,31)(H,28,30);7-8,11,18H,6,9-10,12H2,1-5H3,(H,26,29);6-7,10,17H,5,8-9,11H2,1-4H3,(H,24,29)(H,26,28);8-9,17H,5-7,10H2,1-4H3,(H,25,30)(H,27,29)/t2*18-;2*17-/m1111/s1. The number of imidazole rings is 4. The van der Waals surface area contributed by atoms with E-state index in [1.54, 1.807) is 86.0 Å². The number of halogens is 10. The summed E-state index contributed by atoms with van der Waals surface area (Å²) in [6, 6.07) is 9.10. The second kappa shape index (κ2) is 41.2. The molecule has 0 spiro atoms. The fraction of sp³-hybridized carbons (Fsp3) is 0.488. The van der Waals surface area contributed by atoms with Crippen LogP contribution in [0, 0.1) is 68.2 Å². The molecule has 4 atom stereocenters. The van der Waals surface area contributed by atoms with E-state index in [1.807, 2.05) is 41.5 Å². The minimum Gasteiger partial charge on any atom is -0.375 e. The molecule has 8 amide bonds. The number of alkyl halides is 1. The zero-order chi connectivity index (χ0) is 91.4. The Hall–Kier alpha value is -11.0. The number of nitrogens with zero attached hydrogens (tertiary/aromatic N) is 9. The second-order valence-corrected chi connectivity index (χ2v) is 34.7. The Morgan fingerprint density at radius 2 is 0.718 bits per heavy atom. The molecule has 4 aromatic heterocycles. The molecule has 0 fully saturated rings. The van der Waals surface area contributed by atoms with Gasteiger partial charge in [0, 0.05) is 110 Å². The molecule has 0 saturated heterocycles. The van der Waals surface area contributed by atoms with Crippen molar-refractivity contribution < 1.29 is 96.8 Å². The van der Waals surface area contributed by atoms with Crippen molar-refractivity contribution in [1.82, 2.24) is 80.3 Å². The lowest BCUT2D eigenvalue weighted by molar-refractivity contribution is -0.133. The van der Waals surface area contributed by atoms with Crippen LogP contribution in [0.5, 0.6) is 0 Å². The molecule has 0 radical (unpaired) electrons. The number of amides is 8. The van der Waals surface area contributed by atoms with Crippen LogP contribution in [0.25, 0.3) is 45.6 Å². The predicted molar refractivity (Wildman–Crippen MR) is 441 cm³/mol. The number of likely N-dealkylation sites (N-methyl/N-ethyl adjacent to an activating group) is 3. The molecule has 38 heteroatoms. The summed E-state index contributed by atoms with van der Waals surface area (Å²) in [4.78, 5) is 122. The summed E-state index contributed by atoms with van der Waals surface area (Å²) in [5.74, 6) is -10.7. The molecule has 7 N–H and O–H groups in total. The van der Waals surface area contributed by atoms with E-state index < -0.39 is 129 Å². The topological polar surface area (TPSA) is 332 Å². The first-order valence-electron chi connectivity index (χ1n) is 40.2. The third-order valence-corrected chi connectivity index (χ3v) is 20.7. The molecule has 0 saturated carbocycles. The maximum absolute atomic E-state index is 14.6. The number of aromatic nitrogens is 8. The van der Waals surface area contributed by atoms with Crippen LogP contribution in [0.15, 0.2) is 66.7 Å². The SMILES string of the molecule is CC(C)(C)[C@H](NC(=O)c1nc(-c2ccc(F)c(F)c2)n2c1COCCC2)C(=O)NCCF.CN(C)C(=O)[C@@H](NC(=O)c1nc(-c2ccc(F)c(F)c2)n2c1COCCC2)C(C)(C)C.CNC(=O)[C@@H](NC(=O)c1nc(-c2cc(F)c(F)cc2F)n2c1COCCC2)C(C)(C)C.CNC(=O)[C@@H](NC(=O)c1nc(-c2ccc(Cl)cc2F)n2c1COCCC2)C(C)(C)C. The third-order valence-electron chi connectivity index (χ3n) is 20.5. The van der Waals surface area contributed by atoms with E-state index in [0.717, 1.165) is 30.3 Å². The average molecular weight is 1760 g/mol. The lowest BCUT2D eigenvalue weighted by Gasteiger charge is -2.32. The van der Waals surface area contributed by atoms with Crippen LogP contribution in [0.2, 0.25) is 5.02 Å². The summed E-state index contributed by atoms with van der Waals surface area (Å²) in [6.45, 7) is 25.2. The molecule has 0 bridgehead atoms. The number of hydrogen-bond donors (Lipinski definition) is 7. The van der Waals surface area contributed by atoms with E-state index >= 15 is 0 Å². The number of benzene rings is 4. The Balaban J connectivity index is 0.000000187. The highest BCUT2D eigenvalue weighted by Crippen LogP contribution is 2.36. The fourth-order valence-corrected chi connectivity index (χ4v) is 14.1. The van der Waals surface area contributed by atoms with Crippen LogP contribution >= 0.6 is 11.6 Å². The number of fused-ring (bicyclic) bond motifs is 4. The Morgan fingerprint density at radius 1 is 0.403 bits per heavy atom. The summed E-state index contributed by atoms with van der Waals surface area (Å²) in [6.07, 6.45) is 2.60. The van der Waals surface area contributed by atoms with E-state index in [-0.39, 0.29) is 95.4 Å². The van der Waals surface area contributed by atoms with Crippen molar-refractivity contribution in [1.29, 1.82) is 0 Å². The highest BCUT2D eigenvalue weighted by Gasteiger charge is 2.41. The first-order valence-corrected chi connectivity index (χ1v) is 40.6. The molecule has 4 aromatic carbocycles. The first kappa shape index (κ1) is 96.8. The molecular weight excluding hydrogens is 1660 g/mol. The van der Waals surface area contributed by atoms with E-state index in [1.165, 1.54) is 37.2 Å². The van der Waals surface area contributed by atoms with Crippen LogP contribution in [0.4, 0.5) is 39.5 Å². The number of carbonyl (C=O) groups excluding carboxylic acids is 8. The Kier molecular flexibility index (Phi) is 32.2. The van der Waals surface area contributed by atoms with Gasteiger partial charge in [0.05, 0.1) is 60.3 Å². The van der Waals surface area contributed by atoms with Crippen molar-refractivity contribution in [3.05, 3.63) is 164 Å². The predicted octanol–water partition coefficient (Wildman–Crippen LogP) is 11.9. The molecule has 672 valence electrons. The van der Waals surface area contributed by atoms with Gasteiger partial charge in [0.2, 0.25) is 23.6 Å². The van der Waals surface area contributed by atoms with Gasteiger partial charge in [-0.1, -0.05) is 94.7 Å². The maximum Gasteiger partial charge on any atom is 0.272 e. The zero-order valence-corrected chi connectivity index (χ0v) is 72.8. The van der Waals surface area contributed by atoms with E-state index in [4.69, 9.17) is 30.5 Å². The van der Waals surface area contributed by atoms with Crippen molar-refractivity contribution in [2.24, 2.45) is 21.7 Å². The summed E-state index contributed by atoms with van der Waals surface area (Å²) in [5, 5.41) is 18.8. The lowest BCUT2D eigenvalue weighted by Crippen LogP contribution is -2.54. The average Bonchev–Trinajstić information content (AvgIpc) is 1.67. The third kappa shape index (κ3) is 23.3. The second-order valence-electron chi connectivity index (χ2n) is 34.3. The van der Waals surface area contributed by atoms with E-state index in [2.05, 4.69) is 57.2 Å². The number of rotatable bonds is 18. The fourth-order valence-electron chi connectivity index (χ4n) is 14.0. The van der Waals surface area contributed by atoms with Gasteiger partial charge >= 0.3 is 0 Å². The van der Waals surface area contributed by atoms with Gasteiger partial charge in [-0.05, 0) is 108 Å². The van der Waals surface area contributed by atoms with Gasteiger partial charge in [0.25, 0.3) is 23.6 Å². The summed E-state index contributed by atoms with van der Waals surface area (Å²) in [5.41, 5.74) is 0.525. The van der Waals surface area contributed by atoms with Gasteiger partial charge in [-0.25, -0.2) is 59.4 Å². The van der Waals surface area contributed by atoms with Crippen molar-refractivity contribution >= 4 is 58.9 Å². The molecule has 12 rings (SSSR count). The Morgan fingerprint density at radius 3 is 1.05 bits per heavy atom. The van der Waals surface area contributed by atoms with Crippen molar-refractivity contribution in [3.8, 4) is 45.6 Å². The molecule has 0 unspecified atom stereocenters. The summed E-state index contributed by atoms with van der Waals surface area (Å²) in [7, 11) is 6.24. The van der Waals surface area contributed by atoms with Crippen LogP contribution in [0.3, 0.4) is 0 Å². The number of hydrogen-bond acceptors (Lipinski definition) is 16. The molecular formula is C86H106ClF9N16O12. The van der Waals surface area contributed by atoms with Gasteiger partial charge in [0.1, 0.15) is 65.8 Å². The smallest absolute Gasteiger partial charge is 0.272 e. The number of ether oxygens (including phenoxy) is 4. The van der Waals surface area contributed by atoms with E-state index in [0.29, 0.717) is 136 Å². The zero-order valence-electron chi connectivity index (χ0n) is 72.1. The van der Waals surface area contributed by atoms with Gasteiger partial charge in [0.15, 0.2) is 57.7 Å². The molecule has 8 heterocycles. The summed E-state index contributed by atoms with van der Waals surface area (Å²) >= 11 is 5.88. The Bertz CT molecular complexity index is 5250. The lowest BCUT2D eigenvalue weighted by atomic mass is 9.85. The van der Waals surface area contributed by atoms with Crippen LogP contribution in [-0.2, 0) is 90.7 Å². The van der Waals surface area contributed by atoms with Gasteiger partial charge in [-0.15, -0.1) is 0 Å². The monoisotopic (exact) mass is 1760 g/mol. The Labute approximate surface area is 717 Å². The van der Waals surface area contributed by atoms with E-state index in [9.17, 15) is 77.9 Å². The molecule has 4 aliphatic heterocycles. The molecule has 8 aromatic rings. The van der Waals surface area contributed by atoms with Crippen LogP contribution < -0.4 is 37.2 Å². The minimum absolute atomic E-state index is 0.00528. The number of carbonyl (C=O) groups is 8. The van der Waals surface area contributed by atoms with Crippen molar-refractivity contribution in [3.63, 3.8) is 0 Å². The first-order chi connectivity index (χ1) is 58.3. The largest absolute Gasteiger partial charge is 0.375 e. The van der Waals surface area contributed by atoms with Crippen molar-refractivity contribution in [2.75, 3.05) is 67.8 Å². The molecule has 0 aliphatic carbocycles. The maximum atomic E-state index is 14.6. The van der Waals surface area contributed by atoms with Gasteiger partial charge < -0.3 is 79.3 Å². The quantitative estimate of drug-likeness (QED) is 0.0310. The minimum atomic E-state index is -1.32. The van der Waals surface area contributed by atoms with Crippen molar-refractivity contribution in [2.45, 2.75) is 186 Å². The molecule has 4 aliphatic rings. The number of nitrogens with one attached hydrogen (secondary N) is 7. The molecule has 124 heavy (non-hydrogen) atoms. The van der Waals surface area contributed by atoms with Crippen LogP contribution in [-0.4, -0.2) is 182 Å². The van der Waals surface area contributed by atoms with Crippen LogP contribution in [0.1, 0.15) is 173 Å². The highest BCUT2D eigenvalue weighted by atomic mass is 35.5. The molecule has 28 nitrogen and oxygen atoms in total. The normalized spacial score (nSPS) is 15.0. The summed E-state index contributed by atoms with van der Waals surface area (Å²) < 4.78 is 153. The highest BCUT2D eigenvalue weighted by molar-refractivity contribution is 6.30. The van der Waals surface area contributed by atoms with Gasteiger partial charge in [-0.2, -0.15) is 0 Å². The van der Waals surface area contributed by atoms with Gasteiger partial charge in [-0.3, -0.25) is 38.4 Å².